The van der Waals surface area contributed by atoms with E-state index in [9.17, 15) is 0 Å². The first kappa shape index (κ1) is 6.51. The standard InChI is InChI=1S/C4H6BrCl/c1-4(2-5)3-6/h3H,2H2,1H3/b4-3+. The molecule has 0 aromatic carbocycles. The van der Waals surface area contributed by atoms with Crippen LogP contribution in [-0.4, -0.2) is 5.33 Å². The second-order valence-electron chi connectivity index (χ2n) is 1.09. The van der Waals surface area contributed by atoms with Gasteiger partial charge in [-0.25, -0.2) is 0 Å². The van der Waals surface area contributed by atoms with Gasteiger partial charge in [-0.05, 0) is 6.92 Å². The molecule has 0 N–H and O–H groups in total. The van der Waals surface area contributed by atoms with Gasteiger partial charge in [-0.3, -0.25) is 0 Å². The topological polar surface area (TPSA) is 0 Å². The fourth-order valence-electron chi connectivity index (χ4n) is 0.0292. The molecule has 0 aliphatic carbocycles. The van der Waals surface area contributed by atoms with Gasteiger partial charge in [-0.1, -0.05) is 33.1 Å². The van der Waals surface area contributed by atoms with Crippen molar-refractivity contribution in [2.45, 2.75) is 6.92 Å². The molecule has 0 amide bonds. The van der Waals surface area contributed by atoms with Crippen molar-refractivity contribution in [2.75, 3.05) is 5.33 Å². The third-order valence-electron chi connectivity index (χ3n) is 0.397. The molecule has 0 heterocycles. The minimum atomic E-state index is 0.872. The fraction of sp³-hybridized carbons (Fsp3) is 0.500. The van der Waals surface area contributed by atoms with Crippen molar-refractivity contribution >= 4 is 27.5 Å². The van der Waals surface area contributed by atoms with Crippen molar-refractivity contribution in [3.63, 3.8) is 0 Å². The van der Waals surface area contributed by atoms with Gasteiger partial charge in [0.15, 0.2) is 0 Å². The maximum Gasteiger partial charge on any atom is 0.0250 e. The third-order valence-corrected chi connectivity index (χ3v) is 1.65. The van der Waals surface area contributed by atoms with E-state index >= 15 is 0 Å². The maximum absolute atomic E-state index is 5.26. The van der Waals surface area contributed by atoms with Crippen LogP contribution in [0.4, 0.5) is 0 Å². The van der Waals surface area contributed by atoms with Gasteiger partial charge in [0, 0.05) is 10.9 Å². The van der Waals surface area contributed by atoms with Crippen molar-refractivity contribution in [2.24, 2.45) is 0 Å². The predicted octanol–water partition coefficient (Wildman–Crippen LogP) is 2.52. The van der Waals surface area contributed by atoms with Crippen molar-refractivity contribution < 1.29 is 0 Å². The number of hydrogen-bond acceptors (Lipinski definition) is 0. The monoisotopic (exact) mass is 168 g/mol. The normalized spacial score (nSPS) is 12.2. The lowest BCUT2D eigenvalue weighted by Crippen LogP contribution is -1.68. The highest BCUT2D eigenvalue weighted by molar-refractivity contribution is 9.09. The van der Waals surface area contributed by atoms with E-state index in [2.05, 4.69) is 15.9 Å². The first-order valence-corrected chi connectivity index (χ1v) is 3.19. The highest BCUT2D eigenvalue weighted by Crippen LogP contribution is 1.97. The Labute approximate surface area is 51.3 Å². The van der Waals surface area contributed by atoms with E-state index in [-0.39, 0.29) is 0 Å². The molecular weight excluding hydrogens is 163 g/mol. The van der Waals surface area contributed by atoms with Gasteiger partial charge in [0.05, 0.1) is 0 Å². The maximum atomic E-state index is 5.26. The summed E-state index contributed by atoms with van der Waals surface area (Å²) in [5.41, 5.74) is 2.71. The molecule has 0 fully saturated rings. The molecule has 0 saturated heterocycles. The van der Waals surface area contributed by atoms with Gasteiger partial charge in [0.1, 0.15) is 0 Å². The van der Waals surface area contributed by atoms with E-state index in [1.54, 1.807) is 5.54 Å². The number of hydrogen-bond donors (Lipinski definition) is 0. The van der Waals surface area contributed by atoms with Crippen molar-refractivity contribution in [3.8, 4) is 0 Å². The zero-order valence-corrected chi connectivity index (χ0v) is 5.88. The third kappa shape index (κ3) is 2.73. The number of alkyl halides is 1. The Morgan fingerprint density at radius 2 is 2.50 bits per heavy atom. The molecule has 0 aliphatic rings. The smallest absolute Gasteiger partial charge is 0.0250 e. The Bertz CT molecular complexity index is 58.6. The molecule has 2 heteroatoms. The van der Waals surface area contributed by atoms with Gasteiger partial charge in [0.2, 0.25) is 0 Å². The molecule has 0 unspecified atom stereocenters. The molecule has 0 nitrogen and oxygen atoms in total. The Kier molecular flexibility index (Phi) is 4.01. The van der Waals surface area contributed by atoms with E-state index in [4.69, 9.17) is 11.6 Å². The van der Waals surface area contributed by atoms with Crippen LogP contribution in [0.5, 0.6) is 0 Å². The molecule has 6 heavy (non-hydrogen) atoms. The summed E-state index contributed by atoms with van der Waals surface area (Å²) >= 11 is 8.48. The van der Waals surface area contributed by atoms with Crippen LogP contribution < -0.4 is 0 Å². The molecule has 0 aromatic rings. The molecule has 0 atom stereocenters. The van der Waals surface area contributed by atoms with E-state index in [0.29, 0.717) is 0 Å². The zero-order chi connectivity index (χ0) is 4.99. The molecule has 36 valence electrons. The summed E-state index contributed by atoms with van der Waals surface area (Å²) in [5.74, 6) is 0. The largest absolute Gasteiger partial charge is 0.0930 e. The Hall–Kier alpha value is 0.510. The number of allylic oxidation sites excluding steroid dienone is 1. The Morgan fingerprint density at radius 3 is 2.50 bits per heavy atom. The first-order valence-electron chi connectivity index (χ1n) is 1.63. The van der Waals surface area contributed by atoms with Gasteiger partial charge in [-0.15, -0.1) is 0 Å². The second-order valence-corrected chi connectivity index (χ2v) is 1.87. The lowest BCUT2D eigenvalue weighted by molar-refractivity contribution is 1.45. The summed E-state index contributed by atoms with van der Waals surface area (Å²) in [6.45, 7) is 1.96. The molecule has 0 saturated carbocycles. The van der Waals surface area contributed by atoms with E-state index in [0.717, 1.165) is 10.9 Å². The van der Waals surface area contributed by atoms with Crippen LogP contribution in [0, 0.1) is 0 Å². The van der Waals surface area contributed by atoms with Crippen LogP contribution in [0.15, 0.2) is 11.1 Å². The average molecular weight is 169 g/mol. The minimum Gasteiger partial charge on any atom is -0.0930 e. The minimum absolute atomic E-state index is 0.872. The SMILES string of the molecule is C/C(=C\Cl)CBr. The molecule has 0 rings (SSSR count). The predicted molar refractivity (Wildman–Crippen MR) is 33.4 cm³/mol. The van der Waals surface area contributed by atoms with Crippen LogP contribution in [-0.2, 0) is 0 Å². The van der Waals surface area contributed by atoms with Crippen LogP contribution >= 0.6 is 27.5 Å². The molecule has 0 radical (unpaired) electrons. The molecular formula is C4H6BrCl. The van der Waals surface area contributed by atoms with Gasteiger partial charge in [-0.2, -0.15) is 0 Å². The van der Waals surface area contributed by atoms with Crippen LogP contribution in [0.1, 0.15) is 6.92 Å². The van der Waals surface area contributed by atoms with Gasteiger partial charge < -0.3 is 0 Å². The molecule has 0 bridgehead atoms. The van der Waals surface area contributed by atoms with Gasteiger partial charge >= 0.3 is 0 Å². The summed E-state index contributed by atoms with van der Waals surface area (Å²) in [6.07, 6.45) is 0. The van der Waals surface area contributed by atoms with E-state index in [1.165, 1.54) is 0 Å². The van der Waals surface area contributed by atoms with Crippen LogP contribution in [0.25, 0.3) is 0 Å². The molecule has 0 aliphatic heterocycles. The number of halogens is 2. The summed E-state index contributed by atoms with van der Waals surface area (Å²) in [4.78, 5) is 0. The van der Waals surface area contributed by atoms with Crippen LogP contribution in [0.2, 0.25) is 0 Å². The van der Waals surface area contributed by atoms with Crippen molar-refractivity contribution in [3.05, 3.63) is 11.1 Å². The Balaban J connectivity index is 3.22. The average Bonchev–Trinajstić information content (AvgIpc) is 1.65. The van der Waals surface area contributed by atoms with Crippen molar-refractivity contribution in [1.29, 1.82) is 0 Å². The molecule has 0 spiro atoms. The summed E-state index contributed by atoms with van der Waals surface area (Å²) in [6, 6.07) is 0. The second kappa shape index (κ2) is 3.69. The first-order chi connectivity index (χ1) is 2.81. The summed E-state index contributed by atoms with van der Waals surface area (Å²) < 4.78 is 0. The summed E-state index contributed by atoms with van der Waals surface area (Å²) in [5, 5.41) is 0.872. The van der Waals surface area contributed by atoms with Gasteiger partial charge in [0.25, 0.3) is 0 Å². The van der Waals surface area contributed by atoms with Crippen LogP contribution in [0.3, 0.4) is 0 Å². The quantitative estimate of drug-likeness (QED) is 0.529. The van der Waals surface area contributed by atoms with Crippen molar-refractivity contribution in [1.82, 2.24) is 0 Å². The number of rotatable bonds is 1. The zero-order valence-electron chi connectivity index (χ0n) is 3.54. The summed E-state index contributed by atoms with van der Waals surface area (Å²) in [7, 11) is 0. The molecule has 0 aromatic heterocycles. The lowest BCUT2D eigenvalue weighted by Gasteiger charge is -1.81. The lowest BCUT2D eigenvalue weighted by atomic mass is 10.4. The highest BCUT2D eigenvalue weighted by atomic mass is 79.9. The highest BCUT2D eigenvalue weighted by Gasteiger charge is 1.76. The van der Waals surface area contributed by atoms with E-state index < -0.39 is 0 Å². The Morgan fingerprint density at radius 1 is 2.00 bits per heavy atom. The fourth-order valence-corrected chi connectivity index (χ4v) is 0.455. The van der Waals surface area contributed by atoms with E-state index in [1.807, 2.05) is 6.92 Å².